The van der Waals surface area contributed by atoms with E-state index in [1.807, 2.05) is 31.2 Å². The molecule has 0 aliphatic heterocycles. The zero-order chi connectivity index (χ0) is 23.3. The van der Waals surface area contributed by atoms with E-state index in [1.54, 1.807) is 28.8 Å². The van der Waals surface area contributed by atoms with Gasteiger partial charge in [0.2, 0.25) is 5.91 Å². The third kappa shape index (κ3) is 4.86. The van der Waals surface area contributed by atoms with Crippen molar-refractivity contribution in [1.82, 2.24) is 9.13 Å². The number of carbonyl (C=O) groups excluding carboxylic acids is 1. The summed E-state index contributed by atoms with van der Waals surface area (Å²) in [4.78, 5) is 37.1. The van der Waals surface area contributed by atoms with Crippen LogP contribution in [0.25, 0.3) is 11.1 Å². The number of hydrogen-bond acceptors (Lipinski definition) is 3. The number of halogens is 1. The highest BCUT2D eigenvalue weighted by Crippen LogP contribution is 2.25. The van der Waals surface area contributed by atoms with E-state index in [4.69, 9.17) is 11.6 Å². The summed E-state index contributed by atoms with van der Waals surface area (Å²) in [5.74, 6) is -1.27. The number of rotatable bonds is 9. The molecule has 0 aliphatic rings. The predicted molar refractivity (Wildman–Crippen MR) is 126 cm³/mol. The monoisotopic (exact) mass is 454 g/mol. The van der Waals surface area contributed by atoms with Crippen LogP contribution in [0.5, 0.6) is 0 Å². The number of unbranched alkanes of at least 4 members (excludes halogenated alkanes) is 1. The Morgan fingerprint density at radius 3 is 2.31 bits per heavy atom. The highest BCUT2D eigenvalue weighted by Gasteiger charge is 2.22. The Morgan fingerprint density at radius 1 is 1.00 bits per heavy atom. The second-order valence-electron chi connectivity index (χ2n) is 7.74. The molecule has 168 valence electrons. The van der Waals surface area contributed by atoms with Crippen molar-refractivity contribution in [3.63, 3.8) is 0 Å². The summed E-state index contributed by atoms with van der Waals surface area (Å²) in [6.45, 7) is 4.23. The molecule has 0 atom stereocenters. The molecule has 1 aromatic heterocycles. The SMILES string of the molecule is CCCCc1c(Cl)n(C(=O)CCC)c(=O)n1Cc1ccc(-c2ccccc2C(=O)O)cc1. The molecule has 0 saturated carbocycles. The quantitative estimate of drug-likeness (QED) is 0.463. The average Bonchev–Trinajstić information content (AvgIpc) is 3.01. The van der Waals surface area contributed by atoms with Crippen molar-refractivity contribution in [3.05, 3.63) is 81.0 Å². The van der Waals surface area contributed by atoms with Gasteiger partial charge in [0.1, 0.15) is 5.15 Å². The van der Waals surface area contributed by atoms with Crippen LogP contribution >= 0.6 is 11.6 Å². The minimum absolute atomic E-state index is 0.203. The van der Waals surface area contributed by atoms with Gasteiger partial charge in [-0.2, -0.15) is 0 Å². The van der Waals surface area contributed by atoms with Crippen LogP contribution in [0.2, 0.25) is 5.15 Å². The highest BCUT2D eigenvalue weighted by molar-refractivity contribution is 6.31. The van der Waals surface area contributed by atoms with Gasteiger partial charge in [0.25, 0.3) is 0 Å². The van der Waals surface area contributed by atoms with Crippen LogP contribution in [0.15, 0.2) is 53.3 Å². The molecule has 0 aliphatic carbocycles. The molecule has 3 aromatic rings. The molecule has 7 heteroatoms. The number of carboxylic acid groups (broad SMARTS) is 1. The molecule has 0 amide bonds. The van der Waals surface area contributed by atoms with Crippen LogP contribution in [0.3, 0.4) is 0 Å². The van der Waals surface area contributed by atoms with Gasteiger partial charge in [0.15, 0.2) is 0 Å². The smallest absolute Gasteiger partial charge is 0.336 e. The fraction of sp³-hybridized carbons (Fsp3) is 0.320. The molecule has 6 nitrogen and oxygen atoms in total. The molecule has 0 unspecified atom stereocenters. The molecule has 0 saturated heterocycles. The Labute approximate surface area is 192 Å². The zero-order valence-electron chi connectivity index (χ0n) is 18.3. The van der Waals surface area contributed by atoms with Gasteiger partial charge in [0, 0.05) is 6.42 Å². The van der Waals surface area contributed by atoms with Crippen LogP contribution in [0, 0.1) is 0 Å². The van der Waals surface area contributed by atoms with Crippen molar-refractivity contribution >= 4 is 23.5 Å². The summed E-state index contributed by atoms with van der Waals surface area (Å²) < 4.78 is 2.67. The molecule has 1 heterocycles. The van der Waals surface area contributed by atoms with Gasteiger partial charge in [-0.1, -0.05) is 74.3 Å². The summed E-state index contributed by atoms with van der Waals surface area (Å²) in [6, 6.07) is 14.2. The summed E-state index contributed by atoms with van der Waals surface area (Å²) in [7, 11) is 0. The first-order chi connectivity index (χ1) is 15.4. The molecule has 0 bridgehead atoms. The number of nitrogens with zero attached hydrogens (tertiary/aromatic N) is 2. The fourth-order valence-electron chi connectivity index (χ4n) is 3.74. The maximum Gasteiger partial charge on any atom is 0.336 e. The summed E-state index contributed by atoms with van der Waals surface area (Å²) >= 11 is 6.49. The number of carboxylic acids is 1. The Hall–Kier alpha value is -3.12. The van der Waals surface area contributed by atoms with Crippen molar-refractivity contribution in [2.45, 2.75) is 52.5 Å². The zero-order valence-corrected chi connectivity index (χ0v) is 19.1. The van der Waals surface area contributed by atoms with Crippen LogP contribution < -0.4 is 5.69 Å². The first kappa shape index (κ1) is 23.5. The van der Waals surface area contributed by atoms with Gasteiger partial charge >= 0.3 is 11.7 Å². The van der Waals surface area contributed by atoms with Crippen LogP contribution in [-0.4, -0.2) is 26.1 Å². The standard InChI is InChI=1S/C25H27ClN2O4/c1-3-5-11-21-23(26)28(22(29)8-4-2)25(32)27(21)16-17-12-14-18(15-13-17)19-9-6-7-10-20(19)24(30)31/h6-7,9-10,12-15H,3-5,8,11,16H2,1-2H3,(H,30,31). The molecule has 2 aromatic carbocycles. The normalized spacial score (nSPS) is 11.0. The lowest BCUT2D eigenvalue weighted by Crippen LogP contribution is -2.29. The van der Waals surface area contributed by atoms with E-state index >= 15 is 0 Å². The topological polar surface area (TPSA) is 81.3 Å². The van der Waals surface area contributed by atoms with E-state index in [0.717, 1.165) is 28.5 Å². The molecule has 1 N–H and O–H groups in total. The first-order valence-corrected chi connectivity index (χ1v) is 11.2. The average molecular weight is 455 g/mol. The predicted octanol–water partition coefficient (Wildman–Crippen LogP) is 5.50. The lowest BCUT2D eigenvalue weighted by molar-refractivity contribution is 0.0697. The van der Waals surface area contributed by atoms with Crippen molar-refractivity contribution in [3.8, 4) is 11.1 Å². The second-order valence-corrected chi connectivity index (χ2v) is 8.09. The number of benzene rings is 2. The van der Waals surface area contributed by atoms with Gasteiger partial charge in [-0.3, -0.25) is 9.36 Å². The molecular formula is C25H27ClN2O4. The van der Waals surface area contributed by atoms with E-state index in [2.05, 4.69) is 6.92 Å². The van der Waals surface area contributed by atoms with E-state index in [1.165, 1.54) is 0 Å². The van der Waals surface area contributed by atoms with E-state index in [0.29, 0.717) is 24.1 Å². The summed E-state index contributed by atoms with van der Waals surface area (Å²) in [6.07, 6.45) is 3.30. The van der Waals surface area contributed by atoms with E-state index in [-0.39, 0.29) is 29.6 Å². The van der Waals surface area contributed by atoms with Crippen molar-refractivity contribution in [1.29, 1.82) is 0 Å². The minimum Gasteiger partial charge on any atom is -0.478 e. The lowest BCUT2D eigenvalue weighted by Gasteiger charge is -2.10. The molecule has 0 fully saturated rings. The van der Waals surface area contributed by atoms with E-state index in [9.17, 15) is 19.5 Å². The van der Waals surface area contributed by atoms with Crippen molar-refractivity contribution in [2.24, 2.45) is 0 Å². The van der Waals surface area contributed by atoms with Gasteiger partial charge in [-0.05, 0) is 42.0 Å². The Kier molecular flexibility index (Phi) is 7.70. The lowest BCUT2D eigenvalue weighted by atomic mass is 9.99. The largest absolute Gasteiger partial charge is 0.478 e. The van der Waals surface area contributed by atoms with Gasteiger partial charge in [-0.25, -0.2) is 14.2 Å². The van der Waals surface area contributed by atoms with Gasteiger partial charge in [-0.15, -0.1) is 0 Å². The van der Waals surface area contributed by atoms with Crippen LogP contribution in [0.4, 0.5) is 0 Å². The van der Waals surface area contributed by atoms with Gasteiger partial charge in [0.05, 0.1) is 17.8 Å². The Bertz CT molecular complexity index is 1180. The number of carbonyl (C=O) groups is 2. The Morgan fingerprint density at radius 2 is 1.69 bits per heavy atom. The van der Waals surface area contributed by atoms with Crippen LogP contribution in [0.1, 0.15) is 65.9 Å². The highest BCUT2D eigenvalue weighted by atomic mass is 35.5. The van der Waals surface area contributed by atoms with Crippen molar-refractivity contribution in [2.75, 3.05) is 0 Å². The number of imidazole rings is 1. The molecular weight excluding hydrogens is 428 g/mol. The second kappa shape index (κ2) is 10.5. The fourth-order valence-corrected chi connectivity index (χ4v) is 4.10. The van der Waals surface area contributed by atoms with E-state index < -0.39 is 11.7 Å². The summed E-state index contributed by atoms with van der Waals surface area (Å²) in [5, 5.41) is 9.64. The number of hydrogen-bond donors (Lipinski definition) is 1. The minimum atomic E-state index is -0.982. The molecule has 32 heavy (non-hydrogen) atoms. The maximum atomic E-state index is 13.1. The molecule has 0 radical (unpaired) electrons. The third-order valence-electron chi connectivity index (χ3n) is 5.43. The first-order valence-electron chi connectivity index (χ1n) is 10.8. The number of aromatic carboxylic acids is 1. The number of aromatic nitrogens is 2. The summed E-state index contributed by atoms with van der Waals surface area (Å²) in [5.41, 5.74) is 2.75. The molecule has 3 rings (SSSR count). The Balaban J connectivity index is 1.96. The van der Waals surface area contributed by atoms with Gasteiger partial charge < -0.3 is 5.11 Å². The van der Waals surface area contributed by atoms with Crippen LogP contribution in [-0.2, 0) is 13.0 Å². The maximum absolute atomic E-state index is 13.1. The molecule has 0 spiro atoms. The third-order valence-corrected chi connectivity index (χ3v) is 5.81. The van der Waals surface area contributed by atoms with Crippen molar-refractivity contribution < 1.29 is 14.7 Å².